The fourth-order valence-corrected chi connectivity index (χ4v) is 3.42. The van der Waals surface area contributed by atoms with Gasteiger partial charge in [0.05, 0.1) is 6.10 Å². The zero-order valence-corrected chi connectivity index (χ0v) is 16.8. The first-order valence-electron chi connectivity index (χ1n) is 10.2. The lowest BCUT2D eigenvalue weighted by Crippen LogP contribution is -2.20. The highest BCUT2D eigenvalue weighted by Gasteiger charge is 2.16. The molecule has 1 fully saturated rings. The van der Waals surface area contributed by atoms with Gasteiger partial charge in [0.15, 0.2) is 6.61 Å². The minimum atomic E-state index is -0.228. The van der Waals surface area contributed by atoms with Crippen molar-refractivity contribution in [3.05, 3.63) is 78.9 Å². The number of carbonyl (C=O) groups is 1. The first-order chi connectivity index (χ1) is 14.8. The molecule has 1 atom stereocenters. The maximum absolute atomic E-state index is 12.4. The first-order valence-corrected chi connectivity index (χ1v) is 10.2. The Hall–Kier alpha value is -3.31. The van der Waals surface area contributed by atoms with Crippen LogP contribution in [-0.4, -0.2) is 31.8 Å². The summed E-state index contributed by atoms with van der Waals surface area (Å²) in [6, 6.07) is 25.0. The summed E-state index contributed by atoms with van der Waals surface area (Å²) in [4.78, 5) is 12.4. The largest absolute Gasteiger partial charge is 0.491 e. The van der Waals surface area contributed by atoms with E-state index in [4.69, 9.17) is 14.2 Å². The van der Waals surface area contributed by atoms with Crippen LogP contribution in [0.2, 0.25) is 0 Å². The van der Waals surface area contributed by atoms with Gasteiger partial charge in [-0.05, 0) is 36.6 Å². The van der Waals surface area contributed by atoms with E-state index in [-0.39, 0.29) is 18.6 Å². The van der Waals surface area contributed by atoms with Crippen molar-refractivity contribution in [3.8, 4) is 22.6 Å². The van der Waals surface area contributed by atoms with E-state index in [1.165, 1.54) is 0 Å². The van der Waals surface area contributed by atoms with Crippen LogP contribution in [0.15, 0.2) is 78.9 Å². The van der Waals surface area contributed by atoms with Crippen molar-refractivity contribution in [2.75, 3.05) is 25.1 Å². The highest BCUT2D eigenvalue weighted by Crippen LogP contribution is 2.29. The summed E-state index contributed by atoms with van der Waals surface area (Å²) in [6.45, 7) is 1.25. The second-order valence-electron chi connectivity index (χ2n) is 7.17. The number of rotatable bonds is 8. The number of hydrogen-bond donors (Lipinski definition) is 1. The predicted octanol–water partition coefficient (Wildman–Crippen LogP) is 4.93. The molecule has 0 radical (unpaired) electrons. The monoisotopic (exact) mass is 403 g/mol. The number of hydrogen-bond acceptors (Lipinski definition) is 4. The van der Waals surface area contributed by atoms with Gasteiger partial charge in [-0.15, -0.1) is 0 Å². The summed E-state index contributed by atoms with van der Waals surface area (Å²) in [5, 5.41) is 2.86. The van der Waals surface area contributed by atoms with Crippen molar-refractivity contribution in [2.45, 2.75) is 18.9 Å². The molecule has 0 aromatic heterocycles. The number of carbonyl (C=O) groups excluding carboxylic acids is 1. The quantitative estimate of drug-likeness (QED) is 0.579. The second kappa shape index (κ2) is 9.94. The maximum Gasteiger partial charge on any atom is 0.262 e. The molecule has 4 rings (SSSR count). The third-order valence-electron chi connectivity index (χ3n) is 4.91. The number of amides is 1. The van der Waals surface area contributed by atoms with Crippen molar-refractivity contribution in [1.82, 2.24) is 0 Å². The van der Waals surface area contributed by atoms with E-state index < -0.39 is 0 Å². The Morgan fingerprint density at radius 3 is 2.63 bits per heavy atom. The van der Waals surface area contributed by atoms with Crippen LogP contribution in [0.4, 0.5) is 5.69 Å². The van der Waals surface area contributed by atoms with Gasteiger partial charge in [0.1, 0.15) is 18.1 Å². The van der Waals surface area contributed by atoms with Gasteiger partial charge in [-0.3, -0.25) is 4.79 Å². The molecule has 0 bridgehead atoms. The molecule has 1 unspecified atom stereocenters. The Kier molecular flexibility index (Phi) is 6.62. The number of ether oxygens (including phenoxy) is 3. The van der Waals surface area contributed by atoms with Crippen molar-refractivity contribution in [2.24, 2.45) is 0 Å². The van der Waals surface area contributed by atoms with Crippen LogP contribution >= 0.6 is 0 Å². The lowest BCUT2D eigenvalue weighted by molar-refractivity contribution is -0.118. The topological polar surface area (TPSA) is 56.8 Å². The summed E-state index contributed by atoms with van der Waals surface area (Å²) in [5.74, 6) is 1.15. The molecular weight excluding hydrogens is 378 g/mol. The van der Waals surface area contributed by atoms with Gasteiger partial charge < -0.3 is 19.5 Å². The molecule has 1 aliphatic heterocycles. The molecule has 5 nitrogen and oxygen atoms in total. The third-order valence-corrected chi connectivity index (χ3v) is 4.91. The van der Waals surface area contributed by atoms with Crippen LogP contribution in [-0.2, 0) is 9.53 Å². The van der Waals surface area contributed by atoms with Crippen LogP contribution in [0, 0.1) is 0 Å². The fourth-order valence-electron chi connectivity index (χ4n) is 3.42. The summed E-state index contributed by atoms with van der Waals surface area (Å²) in [6.07, 6.45) is 2.26. The standard InChI is InChI=1S/C25H25NO4/c27-25(18-30-24-14-5-4-13-23(24)19-8-2-1-3-9-19)26-20-10-6-11-21(16-20)29-17-22-12-7-15-28-22/h1-6,8-11,13-14,16,22H,7,12,15,17-18H2,(H,26,27). The van der Waals surface area contributed by atoms with Crippen molar-refractivity contribution in [1.29, 1.82) is 0 Å². The van der Waals surface area contributed by atoms with E-state index in [1.54, 1.807) is 0 Å². The van der Waals surface area contributed by atoms with Gasteiger partial charge in [-0.2, -0.15) is 0 Å². The summed E-state index contributed by atoms with van der Waals surface area (Å²) >= 11 is 0. The van der Waals surface area contributed by atoms with E-state index in [0.717, 1.165) is 30.6 Å². The maximum atomic E-state index is 12.4. The average molecular weight is 403 g/mol. The zero-order valence-electron chi connectivity index (χ0n) is 16.8. The van der Waals surface area contributed by atoms with E-state index >= 15 is 0 Å². The second-order valence-corrected chi connectivity index (χ2v) is 7.17. The van der Waals surface area contributed by atoms with Gasteiger partial charge >= 0.3 is 0 Å². The number of anilines is 1. The molecule has 3 aromatic carbocycles. The lowest BCUT2D eigenvalue weighted by atomic mass is 10.1. The van der Waals surface area contributed by atoms with Crippen LogP contribution in [0.25, 0.3) is 11.1 Å². The molecule has 0 aliphatic carbocycles. The van der Waals surface area contributed by atoms with E-state index in [2.05, 4.69) is 5.32 Å². The van der Waals surface area contributed by atoms with Crippen LogP contribution < -0.4 is 14.8 Å². The minimum Gasteiger partial charge on any atom is -0.491 e. The predicted molar refractivity (Wildman–Crippen MR) is 117 cm³/mol. The van der Waals surface area contributed by atoms with Crippen molar-refractivity contribution >= 4 is 11.6 Å². The van der Waals surface area contributed by atoms with Crippen LogP contribution in [0.3, 0.4) is 0 Å². The normalized spacial score (nSPS) is 15.5. The molecule has 1 N–H and O–H groups in total. The zero-order chi connectivity index (χ0) is 20.6. The Morgan fingerprint density at radius 1 is 0.967 bits per heavy atom. The van der Waals surface area contributed by atoms with Crippen molar-refractivity contribution in [3.63, 3.8) is 0 Å². The SMILES string of the molecule is O=C(COc1ccccc1-c1ccccc1)Nc1cccc(OCC2CCCO2)c1. The van der Waals surface area contributed by atoms with Gasteiger partial charge in [0.25, 0.3) is 5.91 Å². The summed E-state index contributed by atoms with van der Waals surface area (Å²) in [5.41, 5.74) is 2.67. The first kappa shape index (κ1) is 20.0. The molecule has 1 heterocycles. The fraction of sp³-hybridized carbons (Fsp3) is 0.240. The number of nitrogens with one attached hydrogen (secondary N) is 1. The van der Waals surface area contributed by atoms with Gasteiger partial charge in [-0.1, -0.05) is 54.6 Å². The van der Waals surface area contributed by atoms with Crippen molar-refractivity contribution < 1.29 is 19.0 Å². The lowest BCUT2D eigenvalue weighted by Gasteiger charge is -2.13. The highest BCUT2D eigenvalue weighted by molar-refractivity contribution is 5.92. The smallest absolute Gasteiger partial charge is 0.262 e. The van der Waals surface area contributed by atoms with Crippen LogP contribution in [0.1, 0.15) is 12.8 Å². The molecule has 0 saturated carbocycles. The van der Waals surface area contributed by atoms with Crippen LogP contribution in [0.5, 0.6) is 11.5 Å². The van der Waals surface area contributed by atoms with Gasteiger partial charge in [0, 0.05) is 23.9 Å². The molecule has 0 spiro atoms. The van der Waals surface area contributed by atoms with E-state index in [9.17, 15) is 4.79 Å². The molecule has 154 valence electrons. The molecule has 1 amide bonds. The third kappa shape index (κ3) is 5.39. The Balaban J connectivity index is 1.33. The minimum absolute atomic E-state index is 0.0785. The van der Waals surface area contributed by atoms with Gasteiger partial charge in [-0.25, -0.2) is 0 Å². The molecule has 3 aromatic rings. The molecule has 1 saturated heterocycles. The Morgan fingerprint density at radius 2 is 1.80 bits per heavy atom. The van der Waals surface area contributed by atoms with E-state index in [1.807, 2.05) is 78.9 Å². The summed E-state index contributed by atoms with van der Waals surface area (Å²) in [7, 11) is 0. The average Bonchev–Trinajstić information content (AvgIpc) is 3.31. The molecule has 30 heavy (non-hydrogen) atoms. The number of para-hydroxylation sites is 1. The van der Waals surface area contributed by atoms with E-state index in [0.29, 0.717) is 23.8 Å². The summed E-state index contributed by atoms with van der Waals surface area (Å²) < 4.78 is 17.2. The molecular formula is C25H25NO4. The molecule has 1 aliphatic rings. The van der Waals surface area contributed by atoms with Gasteiger partial charge in [0.2, 0.25) is 0 Å². The molecule has 5 heteroatoms. The Bertz CT molecular complexity index is 968. The Labute approximate surface area is 176 Å². The number of benzene rings is 3. The highest BCUT2D eigenvalue weighted by atomic mass is 16.5.